The zero-order valence-corrected chi connectivity index (χ0v) is 19.7. The van der Waals surface area contributed by atoms with Crippen molar-refractivity contribution >= 4 is 51.5 Å². The van der Waals surface area contributed by atoms with Crippen LogP contribution < -0.4 is 11.1 Å². The molecule has 0 radical (unpaired) electrons. The topological polar surface area (TPSA) is 98.2 Å². The number of hydrogen-bond acceptors (Lipinski definition) is 6. The zero-order valence-electron chi connectivity index (χ0n) is 18.9. The maximum absolute atomic E-state index is 13.2. The van der Waals surface area contributed by atoms with Gasteiger partial charge in [-0.05, 0) is 40.6 Å². The summed E-state index contributed by atoms with van der Waals surface area (Å²) in [6.45, 7) is 4.72. The average molecular weight is 469 g/mol. The first kappa shape index (κ1) is 21.8. The van der Waals surface area contributed by atoms with Crippen LogP contribution in [-0.2, 0) is 6.54 Å². The molecule has 3 aromatic heterocycles. The van der Waals surface area contributed by atoms with Crippen molar-refractivity contribution < 1.29 is 4.79 Å². The van der Waals surface area contributed by atoms with Crippen LogP contribution in [0.3, 0.4) is 0 Å². The molecule has 1 amide bonds. The number of benzene rings is 2. The number of nitrogens with two attached hydrogens (primary N) is 1. The molecule has 0 bridgehead atoms. The highest BCUT2D eigenvalue weighted by atomic mass is 32.1. The minimum Gasteiger partial charge on any atom is -0.383 e. The third-order valence-corrected chi connectivity index (χ3v) is 6.51. The molecule has 0 aliphatic rings. The third-order valence-electron chi connectivity index (χ3n) is 5.63. The van der Waals surface area contributed by atoms with E-state index in [2.05, 4.69) is 36.4 Å². The van der Waals surface area contributed by atoms with Crippen LogP contribution in [0, 0.1) is 0 Å². The number of nitrogens with one attached hydrogen (secondary N) is 1. The van der Waals surface area contributed by atoms with E-state index in [0.29, 0.717) is 34.7 Å². The Kier molecular flexibility index (Phi) is 5.81. The van der Waals surface area contributed by atoms with Crippen LogP contribution >= 0.6 is 11.3 Å². The predicted octanol–water partition coefficient (Wildman–Crippen LogP) is 5.16. The van der Waals surface area contributed by atoms with Crippen molar-refractivity contribution in [2.24, 2.45) is 5.10 Å². The standard InChI is InChI=1S/C26H24N6OS/c1-16(2)18-11-9-17(10-12-18)14-29-32-24(27)22(26(33)28-15-19-6-5-13-34-19)23-25(32)31-21-8-4-3-7-20(21)30-23/h3-14,16H,15,27H2,1-2H3,(H,28,33)/b29-14+. The quantitative estimate of drug-likeness (QED) is 0.336. The Balaban J connectivity index is 1.58. The summed E-state index contributed by atoms with van der Waals surface area (Å²) in [4.78, 5) is 23.7. The molecule has 0 atom stereocenters. The van der Waals surface area contributed by atoms with E-state index in [1.54, 1.807) is 17.6 Å². The number of anilines is 1. The summed E-state index contributed by atoms with van der Waals surface area (Å²) in [5, 5.41) is 9.50. The summed E-state index contributed by atoms with van der Waals surface area (Å²) in [5.74, 6) is 0.341. The number of nitrogen functional groups attached to an aromatic ring is 1. The minimum absolute atomic E-state index is 0.198. The van der Waals surface area contributed by atoms with Gasteiger partial charge in [-0.3, -0.25) is 4.79 Å². The van der Waals surface area contributed by atoms with Gasteiger partial charge in [0.05, 0.1) is 23.8 Å². The lowest BCUT2D eigenvalue weighted by molar-refractivity contribution is 0.0953. The number of hydrogen-bond donors (Lipinski definition) is 2. The molecule has 0 unspecified atom stereocenters. The predicted molar refractivity (Wildman–Crippen MR) is 138 cm³/mol. The highest BCUT2D eigenvalue weighted by Crippen LogP contribution is 2.28. The van der Waals surface area contributed by atoms with Crippen molar-refractivity contribution in [3.63, 3.8) is 0 Å². The fraction of sp³-hybridized carbons (Fsp3) is 0.154. The number of fused-ring (bicyclic) bond motifs is 2. The molecule has 7 nitrogen and oxygen atoms in total. The SMILES string of the molecule is CC(C)c1ccc(/C=N/n2c(N)c(C(=O)NCc3cccs3)c3nc4ccccc4nc32)cc1. The molecule has 0 saturated heterocycles. The molecular formula is C26H24N6OS. The number of carbonyl (C=O) groups excluding carboxylic acids is 1. The Morgan fingerprint density at radius 2 is 1.82 bits per heavy atom. The first-order valence-corrected chi connectivity index (χ1v) is 11.9. The average Bonchev–Trinajstić information content (AvgIpc) is 3.45. The smallest absolute Gasteiger partial charge is 0.257 e. The van der Waals surface area contributed by atoms with Crippen molar-refractivity contribution in [2.45, 2.75) is 26.3 Å². The van der Waals surface area contributed by atoms with Crippen LogP contribution in [-0.4, -0.2) is 26.8 Å². The van der Waals surface area contributed by atoms with Crippen LogP contribution in [0.2, 0.25) is 0 Å². The van der Waals surface area contributed by atoms with Gasteiger partial charge in [0.25, 0.3) is 5.91 Å². The largest absolute Gasteiger partial charge is 0.383 e. The Morgan fingerprint density at radius 3 is 2.50 bits per heavy atom. The first-order chi connectivity index (χ1) is 16.5. The van der Waals surface area contributed by atoms with Gasteiger partial charge in [-0.2, -0.15) is 9.78 Å². The molecule has 0 saturated carbocycles. The normalized spacial score (nSPS) is 11.7. The van der Waals surface area contributed by atoms with Gasteiger partial charge in [0.2, 0.25) is 0 Å². The highest BCUT2D eigenvalue weighted by molar-refractivity contribution is 7.09. The van der Waals surface area contributed by atoms with Crippen molar-refractivity contribution in [3.8, 4) is 0 Å². The zero-order chi connectivity index (χ0) is 23.7. The van der Waals surface area contributed by atoms with Crippen molar-refractivity contribution in [1.29, 1.82) is 0 Å². The number of thiophene rings is 1. The minimum atomic E-state index is -0.310. The van der Waals surface area contributed by atoms with Gasteiger partial charge < -0.3 is 11.1 Å². The van der Waals surface area contributed by atoms with Gasteiger partial charge in [-0.15, -0.1) is 11.3 Å². The second-order valence-corrected chi connectivity index (χ2v) is 9.32. The van der Waals surface area contributed by atoms with Crippen molar-refractivity contribution in [2.75, 3.05) is 5.73 Å². The Morgan fingerprint density at radius 1 is 1.09 bits per heavy atom. The molecule has 2 aromatic carbocycles. The van der Waals surface area contributed by atoms with E-state index in [-0.39, 0.29) is 17.3 Å². The van der Waals surface area contributed by atoms with Crippen LogP contribution in [0.25, 0.3) is 22.2 Å². The number of nitrogens with zero attached hydrogens (tertiary/aromatic N) is 4. The summed E-state index contributed by atoms with van der Waals surface area (Å²) in [5.41, 5.74) is 11.2. The second-order valence-electron chi connectivity index (χ2n) is 8.28. The molecule has 3 N–H and O–H groups in total. The van der Waals surface area contributed by atoms with Crippen LogP contribution in [0.4, 0.5) is 5.82 Å². The molecule has 5 aromatic rings. The number of rotatable bonds is 6. The second kappa shape index (κ2) is 9.07. The van der Waals surface area contributed by atoms with Gasteiger partial charge >= 0.3 is 0 Å². The number of para-hydroxylation sites is 2. The van der Waals surface area contributed by atoms with E-state index in [1.807, 2.05) is 53.9 Å². The molecule has 3 heterocycles. The van der Waals surface area contributed by atoms with E-state index in [9.17, 15) is 4.79 Å². The molecule has 0 aliphatic carbocycles. The van der Waals surface area contributed by atoms with E-state index in [4.69, 9.17) is 15.7 Å². The fourth-order valence-electron chi connectivity index (χ4n) is 3.75. The summed E-state index contributed by atoms with van der Waals surface area (Å²) in [6, 6.07) is 19.6. The van der Waals surface area contributed by atoms with Gasteiger partial charge in [0.15, 0.2) is 5.65 Å². The van der Waals surface area contributed by atoms with Crippen LogP contribution in [0.15, 0.2) is 71.1 Å². The summed E-state index contributed by atoms with van der Waals surface area (Å²) in [7, 11) is 0. The highest BCUT2D eigenvalue weighted by Gasteiger charge is 2.24. The molecule has 0 spiro atoms. The maximum Gasteiger partial charge on any atom is 0.257 e. The molecule has 34 heavy (non-hydrogen) atoms. The lowest BCUT2D eigenvalue weighted by Gasteiger charge is -2.05. The van der Waals surface area contributed by atoms with Crippen LogP contribution in [0.5, 0.6) is 0 Å². The van der Waals surface area contributed by atoms with E-state index >= 15 is 0 Å². The number of carbonyl (C=O) groups is 1. The van der Waals surface area contributed by atoms with Crippen molar-refractivity contribution in [3.05, 3.63) is 87.6 Å². The Labute approximate surface area is 201 Å². The maximum atomic E-state index is 13.2. The van der Waals surface area contributed by atoms with E-state index < -0.39 is 0 Å². The third kappa shape index (κ3) is 4.15. The first-order valence-electron chi connectivity index (χ1n) is 11.0. The number of amides is 1. The molecule has 0 aliphatic heterocycles. The van der Waals surface area contributed by atoms with Gasteiger partial charge in [-0.1, -0.05) is 56.3 Å². The molecule has 0 fully saturated rings. The van der Waals surface area contributed by atoms with Crippen LogP contribution in [0.1, 0.15) is 46.1 Å². The molecule has 8 heteroatoms. The molecule has 5 rings (SSSR count). The van der Waals surface area contributed by atoms with E-state index in [0.717, 1.165) is 10.4 Å². The van der Waals surface area contributed by atoms with Crippen molar-refractivity contribution in [1.82, 2.24) is 20.0 Å². The van der Waals surface area contributed by atoms with E-state index in [1.165, 1.54) is 10.2 Å². The summed E-state index contributed by atoms with van der Waals surface area (Å²) < 4.78 is 1.49. The summed E-state index contributed by atoms with van der Waals surface area (Å²) in [6.07, 6.45) is 1.71. The molecule has 170 valence electrons. The fourth-order valence-corrected chi connectivity index (χ4v) is 4.39. The monoisotopic (exact) mass is 468 g/mol. The van der Waals surface area contributed by atoms with Gasteiger partial charge in [-0.25, -0.2) is 9.97 Å². The Hall–Kier alpha value is -4.04. The number of aromatic nitrogens is 3. The van der Waals surface area contributed by atoms with Gasteiger partial charge in [0, 0.05) is 4.88 Å². The lowest BCUT2D eigenvalue weighted by atomic mass is 10.0. The van der Waals surface area contributed by atoms with Gasteiger partial charge in [0.1, 0.15) is 16.9 Å². The Bertz CT molecular complexity index is 1500. The lowest BCUT2D eigenvalue weighted by Crippen LogP contribution is -2.23. The summed E-state index contributed by atoms with van der Waals surface area (Å²) >= 11 is 1.58. The molecular weight excluding hydrogens is 444 g/mol.